The summed E-state index contributed by atoms with van der Waals surface area (Å²) in [5.74, 6) is 0.825. The second-order valence-electron chi connectivity index (χ2n) is 8.36. The van der Waals surface area contributed by atoms with Crippen LogP contribution in [0.5, 0.6) is 0 Å². The maximum Gasteiger partial charge on any atom is 0.317 e. The monoisotopic (exact) mass is 376 g/mol. The first-order valence-electron chi connectivity index (χ1n) is 10.8. The highest BCUT2D eigenvalue weighted by molar-refractivity contribution is 5.83. The van der Waals surface area contributed by atoms with E-state index in [4.69, 9.17) is 0 Å². The highest BCUT2D eigenvalue weighted by Crippen LogP contribution is 2.33. The number of hydrogen-bond acceptors (Lipinski definition) is 3. The number of hydrogen-bond donors (Lipinski definition) is 1. The molecule has 2 saturated heterocycles. The molecule has 0 spiro atoms. The van der Waals surface area contributed by atoms with Gasteiger partial charge in [-0.05, 0) is 44.9 Å². The molecule has 6 nitrogen and oxygen atoms in total. The summed E-state index contributed by atoms with van der Waals surface area (Å²) in [6.45, 7) is 10.2. The normalized spacial score (nSPS) is 26.0. The van der Waals surface area contributed by atoms with Crippen LogP contribution in [0.2, 0.25) is 0 Å². The maximum absolute atomic E-state index is 13.5. The highest BCUT2D eigenvalue weighted by Gasteiger charge is 2.40. The number of rotatable bonds is 5. The minimum atomic E-state index is -0.0251. The van der Waals surface area contributed by atoms with Crippen molar-refractivity contribution in [3.63, 3.8) is 0 Å². The first kappa shape index (κ1) is 20.2. The molecule has 152 valence electrons. The van der Waals surface area contributed by atoms with Crippen molar-refractivity contribution in [3.05, 3.63) is 12.7 Å². The van der Waals surface area contributed by atoms with Crippen LogP contribution in [0, 0.1) is 5.92 Å². The number of nitrogens with one attached hydrogen (secondary N) is 1. The Hall–Kier alpha value is -1.56. The molecule has 0 aromatic carbocycles. The zero-order valence-corrected chi connectivity index (χ0v) is 16.9. The molecule has 1 aliphatic carbocycles. The molecule has 0 aromatic rings. The highest BCUT2D eigenvalue weighted by atomic mass is 16.2. The van der Waals surface area contributed by atoms with Gasteiger partial charge in [-0.15, -0.1) is 6.58 Å². The average Bonchev–Trinajstić information content (AvgIpc) is 3.21. The molecule has 1 saturated carbocycles. The molecule has 3 rings (SSSR count). The lowest BCUT2D eigenvalue weighted by Crippen LogP contribution is -2.60. The Morgan fingerprint density at radius 3 is 2.33 bits per heavy atom. The molecule has 3 aliphatic rings. The second kappa shape index (κ2) is 9.58. The predicted octanol–water partition coefficient (Wildman–Crippen LogP) is 2.46. The van der Waals surface area contributed by atoms with Crippen LogP contribution in [0.3, 0.4) is 0 Å². The Morgan fingerprint density at radius 1 is 1.04 bits per heavy atom. The minimum Gasteiger partial charge on any atom is -0.339 e. The Kier molecular flexibility index (Phi) is 7.16. The van der Waals surface area contributed by atoms with Gasteiger partial charge in [0.1, 0.15) is 0 Å². The minimum absolute atomic E-state index is 0.00596. The van der Waals surface area contributed by atoms with Gasteiger partial charge in [0.25, 0.3) is 0 Å². The van der Waals surface area contributed by atoms with Gasteiger partial charge in [-0.2, -0.15) is 0 Å². The van der Waals surface area contributed by atoms with Crippen LogP contribution in [-0.4, -0.2) is 78.0 Å². The lowest BCUT2D eigenvalue weighted by Gasteiger charge is -2.44. The van der Waals surface area contributed by atoms with E-state index >= 15 is 0 Å². The van der Waals surface area contributed by atoms with E-state index < -0.39 is 0 Å². The summed E-state index contributed by atoms with van der Waals surface area (Å²) in [7, 11) is 0. The third kappa shape index (κ3) is 4.84. The summed E-state index contributed by atoms with van der Waals surface area (Å²) in [6, 6.07) is 0.343. The molecule has 3 amide bonds. The van der Waals surface area contributed by atoms with Gasteiger partial charge < -0.3 is 15.1 Å². The molecule has 0 radical (unpaired) electrons. The van der Waals surface area contributed by atoms with Gasteiger partial charge in [0.05, 0.1) is 6.04 Å². The quantitative estimate of drug-likeness (QED) is 0.750. The summed E-state index contributed by atoms with van der Waals surface area (Å²) in [6.07, 6.45) is 10.0. The Balaban J connectivity index is 1.64. The molecule has 0 aromatic heterocycles. The zero-order valence-electron chi connectivity index (χ0n) is 16.9. The van der Waals surface area contributed by atoms with Gasteiger partial charge in [0.15, 0.2) is 0 Å². The molecule has 0 bridgehead atoms. The SMILES string of the molecule is C=CCNC(=O)N1CCN([C@H](C(=O)N2CCCC[C@H]2C)C2CCCC2)CC1. The van der Waals surface area contributed by atoms with Crippen LogP contribution in [0.25, 0.3) is 0 Å². The van der Waals surface area contributed by atoms with E-state index in [2.05, 4.69) is 28.6 Å². The third-order valence-corrected chi connectivity index (χ3v) is 6.58. The van der Waals surface area contributed by atoms with Crippen LogP contribution in [0.15, 0.2) is 12.7 Å². The molecule has 0 unspecified atom stereocenters. The number of urea groups is 1. The third-order valence-electron chi connectivity index (χ3n) is 6.58. The summed E-state index contributed by atoms with van der Waals surface area (Å²) >= 11 is 0. The van der Waals surface area contributed by atoms with Crippen molar-refractivity contribution in [2.45, 2.75) is 64.0 Å². The number of amides is 3. The molecule has 2 heterocycles. The molecule has 1 N–H and O–H groups in total. The summed E-state index contributed by atoms with van der Waals surface area (Å²) < 4.78 is 0. The van der Waals surface area contributed by atoms with Crippen molar-refractivity contribution in [3.8, 4) is 0 Å². The van der Waals surface area contributed by atoms with Gasteiger partial charge in [0, 0.05) is 45.3 Å². The molecular weight excluding hydrogens is 340 g/mol. The average molecular weight is 377 g/mol. The summed E-state index contributed by atoms with van der Waals surface area (Å²) in [5, 5.41) is 2.86. The van der Waals surface area contributed by atoms with Gasteiger partial charge in [-0.25, -0.2) is 4.79 Å². The molecule has 27 heavy (non-hydrogen) atoms. The Morgan fingerprint density at radius 2 is 1.70 bits per heavy atom. The lowest BCUT2D eigenvalue weighted by atomic mass is 9.92. The topological polar surface area (TPSA) is 55.9 Å². The maximum atomic E-state index is 13.5. The predicted molar refractivity (Wildman–Crippen MR) is 108 cm³/mol. The number of nitrogens with zero attached hydrogens (tertiary/aromatic N) is 3. The van der Waals surface area contributed by atoms with Crippen LogP contribution in [0.1, 0.15) is 51.9 Å². The van der Waals surface area contributed by atoms with E-state index in [9.17, 15) is 9.59 Å². The van der Waals surface area contributed by atoms with Crippen molar-refractivity contribution >= 4 is 11.9 Å². The summed E-state index contributed by atoms with van der Waals surface area (Å²) in [4.78, 5) is 32.1. The fourth-order valence-corrected chi connectivity index (χ4v) is 5.00. The zero-order chi connectivity index (χ0) is 19.2. The molecule has 2 atom stereocenters. The number of carbonyl (C=O) groups is 2. The van der Waals surface area contributed by atoms with Crippen LogP contribution >= 0.6 is 0 Å². The number of carbonyl (C=O) groups excluding carboxylic acids is 2. The fourth-order valence-electron chi connectivity index (χ4n) is 5.00. The van der Waals surface area contributed by atoms with Crippen LogP contribution < -0.4 is 5.32 Å². The van der Waals surface area contributed by atoms with E-state index in [1.165, 1.54) is 32.1 Å². The number of piperazine rings is 1. The van der Waals surface area contributed by atoms with Crippen molar-refractivity contribution in [1.29, 1.82) is 0 Å². The molecule has 3 fully saturated rings. The van der Waals surface area contributed by atoms with Gasteiger partial charge in [-0.3, -0.25) is 9.69 Å². The van der Waals surface area contributed by atoms with E-state index in [1.807, 2.05) is 4.90 Å². The first-order valence-corrected chi connectivity index (χ1v) is 10.8. The molecule has 2 aliphatic heterocycles. The number of piperidine rings is 1. The number of likely N-dealkylation sites (tertiary alicyclic amines) is 1. The molecule has 6 heteroatoms. The van der Waals surface area contributed by atoms with Gasteiger partial charge >= 0.3 is 6.03 Å². The van der Waals surface area contributed by atoms with Crippen molar-refractivity contribution < 1.29 is 9.59 Å². The standard InChI is InChI=1S/C21H36N4O2/c1-3-11-22-21(27)24-15-13-23(14-16-24)19(18-9-4-5-10-18)20(26)25-12-7-6-8-17(25)2/h3,17-19H,1,4-16H2,2H3,(H,22,27)/t17-,19+/m1/s1. The van der Waals surface area contributed by atoms with E-state index in [-0.39, 0.29) is 12.1 Å². The summed E-state index contributed by atoms with van der Waals surface area (Å²) in [5.41, 5.74) is 0. The van der Waals surface area contributed by atoms with E-state index in [1.54, 1.807) is 6.08 Å². The van der Waals surface area contributed by atoms with Gasteiger partial charge in [0.2, 0.25) is 5.91 Å². The Labute approximate surface area is 163 Å². The van der Waals surface area contributed by atoms with Crippen molar-refractivity contribution in [2.75, 3.05) is 39.3 Å². The first-order chi connectivity index (χ1) is 13.1. The largest absolute Gasteiger partial charge is 0.339 e. The molecular formula is C21H36N4O2. The Bertz CT molecular complexity index is 524. The van der Waals surface area contributed by atoms with E-state index in [0.29, 0.717) is 37.5 Å². The van der Waals surface area contributed by atoms with Crippen LogP contribution in [0.4, 0.5) is 4.79 Å². The fraction of sp³-hybridized carbons (Fsp3) is 0.810. The van der Waals surface area contributed by atoms with E-state index in [0.717, 1.165) is 32.5 Å². The van der Waals surface area contributed by atoms with Crippen LogP contribution in [-0.2, 0) is 4.79 Å². The van der Waals surface area contributed by atoms with Crippen molar-refractivity contribution in [1.82, 2.24) is 20.0 Å². The lowest BCUT2D eigenvalue weighted by molar-refractivity contribution is -0.143. The van der Waals surface area contributed by atoms with Gasteiger partial charge in [-0.1, -0.05) is 18.9 Å². The smallest absolute Gasteiger partial charge is 0.317 e. The second-order valence-corrected chi connectivity index (χ2v) is 8.36. The van der Waals surface area contributed by atoms with Crippen molar-refractivity contribution in [2.24, 2.45) is 5.92 Å².